The minimum Gasteiger partial charge on any atom is -0.479 e. The first kappa shape index (κ1) is 9.83. The monoisotopic (exact) mass is 201 g/mol. The molecule has 0 aliphatic rings. The summed E-state index contributed by atoms with van der Waals surface area (Å²) in [6, 6.07) is 4.53. The lowest BCUT2D eigenvalue weighted by Crippen LogP contribution is -2.13. The minimum absolute atomic E-state index is 0.0386. The third kappa shape index (κ3) is 1.91. The van der Waals surface area contributed by atoms with Crippen molar-refractivity contribution in [3.05, 3.63) is 28.8 Å². The Hall–Kier alpha value is -1.26. The second kappa shape index (κ2) is 3.64. The fourth-order valence-corrected chi connectivity index (χ4v) is 1.25. The molecule has 70 valence electrons. The van der Waals surface area contributed by atoms with E-state index in [4.69, 9.17) is 22.4 Å². The predicted octanol–water partition coefficient (Wildman–Crippen LogP) is 1.04. The molecular weight excluding hydrogens is 194 g/mol. The van der Waals surface area contributed by atoms with E-state index in [2.05, 4.69) is 0 Å². The van der Waals surface area contributed by atoms with Crippen LogP contribution in [0.3, 0.4) is 0 Å². The van der Waals surface area contributed by atoms with Crippen molar-refractivity contribution in [3.63, 3.8) is 0 Å². The standard InChI is InChI=1S/C8H8ClNO3/c9-4-2-1-3-5(10)6(4)7(11)8(12)13/h1-3,7,11H,10H2,(H,12,13). The Morgan fingerprint density at radius 3 is 2.62 bits per heavy atom. The van der Waals surface area contributed by atoms with Crippen molar-refractivity contribution < 1.29 is 15.0 Å². The van der Waals surface area contributed by atoms with Gasteiger partial charge in [-0.25, -0.2) is 4.79 Å². The van der Waals surface area contributed by atoms with Gasteiger partial charge in [-0.15, -0.1) is 0 Å². The fraction of sp³-hybridized carbons (Fsp3) is 0.125. The number of aliphatic hydroxyl groups is 1. The Morgan fingerprint density at radius 2 is 2.15 bits per heavy atom. The molecule has 4 N–H and O–H groups in total. The molecular formula is C8H8ClNO3. The number of nitrogen functional groups attached to an aromatic ring is 1. The number of nitrogens with two attached hydrogens (primary N) is 1. The summed E-state index contributed by atoms with van der Waals surface area (Å²) >= 11 is 5.67. The molecule has 0 aliphatic carbocycles. The van der Waals surface area contributed by atoms with Crippen molar-refractivity contribution in [2.75, 3.05) is 5.73 Å². The number of carboxylic acid groups (broad SMARTS) is 1. The van der Waals surface area contributed by atoms with E-state index < -0.39 is 12.1 Å². The molecule has 0 spiro atoms. The Morgan fingerprint density at radius 1 is 1.54 bits per heavy atom. The molecule has 0 bridgehead atoms. The van der Waals surface area contributed by atoms with Crippen LogP contribution in [0.1, 0.15) is 11.7 Å². The normalized spacial score (nSPS) is 12.5. The molecule has 0 heterocycles. The minimum atomic E-state index is -1.67. The van der Waals surface area contributed by atoms with E-state index >= 15 is 0 Å². The summed E-state index contributed by atoms with van der Waals surface area (Å²) in [5, 5.41) is 17.9. The van der Waals surface area contributed by atoms with Gasteiger partial charge in [0.05, 0.1) is 0 Å². The van der Waals surface area contributed by atoms with Gasteiger partial charge in [0, 0.05) is 16.3 Å². The first-order chi connectivity index (χ1) is 6.04. The molecule has 0 amide bonds. The van der Waals surface area contributed by atoms with Crippen LogP contribution < -0.4 is 5.73 Å². The van der Waals surface area contributed by atoms with Crippen LogP contribution in [-0.4, -0.2) is 16.2 Å². The Kier molecular flexibility index (Phi) is 2.75. The van der Waals surface area contributed by atoms with Crippen molar-refractivity contribution in [2.24, 2.45) is 0 Å². The van der Waals surface area contributed by atoms with Gasteiger partial charge in [-0.2, -0.15) is 0 Å². The lowest BCUT2D eigenvalue weighted by molar-refractivity contribution is -0.146. The van der Waals surface area contributed by atoms with E-state index in [1.807, 2.05) is 0 Å². The summed E-state index contributed by atoms with van der Waals surface area (Å²) in [5.74, 6) is -1.38. The van der Waals surface area contributed by atoms with Crippen LogP contribution in [0.25, 0.3) is 0 Å². The lowest BCUT2D eigenvalue weighted by atomic mass is 10.1. The highest BCUT2D eigenvalue weighted by Gasteiger charge is 2.21. The predicted molar refractivity (Wildman–Crippen MR) is 48.5 cm³/mol. The van der Waals surface area contributed by atoms with Crippen LogP contribution in [0, 0.1) is 0 Å². The molecule has 0 radical (unpaired) electrons. The number of hydrogen-bond acceptors (Lipinski definition) is 3. The van der Waals surface area contributed by atoms with Crippen LogP contribution in [-0.2, 0) is 4.79 Å². The SMILES string of the molecule is Nc1cccc(Cl)c1C(O)C(=O)O. The molecule has 0 aliphatic heterocycles. The van der Waals surface area contributed by atoms with Gasteiger partial charge in [0.1, 0.15) is 0 Å². The summed E-state index contributed by atoms with van der Waals surface area (Å²) in [6.45, 7) is 0. The number of anilines is 1. The zero-order chi connectivity index (χ0) is 10.0. The number of halogens is 1. The highest BCUT2D eigenvalue weighted by molar-refractivity contribution is 6.32. The summed E-state index contributed by atoms with van der Waals surface area (Å²) in [7, 11) is 0. The lowest BCUT2D eigenvalue weighted by Gasteiger charge is -2.10. The molecule has 13 heavy (non-hydrogen) atoms. The van der Waals surface area contributed by atoms with Gasteiger partial charge in [-0.3, -0.25) is 0 Å². The van der Waals surface area contributed by atoms with Crippen LogP contribution in [0.2, 0.25) is 5.02 Å². The van der Waals surface area contributed by atoms with Crippen molar-refractivity contribution >= 4 is 23.3 Å². The zero-order valence-electron chi connectivity index (χ0n) is 6.57. The first-order valence-corrected chi connectivity index (χ1v) is 3.86. The molecule has 5 heteroatoms. The number of benzene rings is 1. The maximum atomic E-state index is 10.4. The average molecular weight is 202 g/mol. The van der Waals surface area contributed by atoms with Gasteiger partial charge in [0.25, 0.3) is 0 Å². The smallest absolute Gasteiger partial charge is 0.337 e. The molecule has 0 saturated carbocycles. The van der Waals surface area contributed by atoms with Gasteiger partial charge in [-0.1, -0.05) is 17.7 Å². The number of hydrogen-bond donors (Lipinski definition) is 3. The second-order valence-electron chi connectivity index (χ2n) is 2.48. The summed E-state index contributed by atoms with van der Waals surface area (Å²) in [6.07, 6.45) is -1.67. The maximum absolute atomic E-state index is 10.4. The number of carboxylic acids is 1. The molecule has 0 fully saturated rings. The van der Waals surface area contributed by atoms with E-state index in [0.29, 0.717) is 0 Å². The first-order valence-electron chi connectivity index (χ1n) is 3.48. The molecule has 4 nitrogen and oxygen atoms in total. The largest absolute Gasteiger partial charge is 0.479 e. The second-order valence-corrected chi connectivity index (χ2v) is 2.89. The quantitative estimate of drug-likeness (QED) is 0.625. The number of aliphatic carboxylic acids is 1. The van der Waals surface area contributed by atoms with E-state index in [1.165, 1.54) is 12.1 Å². The third-order valence-corrected chi connectivity index (χ3v) is 1.92. The van der Waals surface area contributed by atoms with Crippen molar-refractivity contribution in [1.29, 1.82) is 0 Å². The number of rotatable bonds is 2. The van der Waals surface area contributed by atoms with E-state index in [0.717, 1.165) is 0 Å². The van der Waals surface area contributed by atoms with Gasteiger partial charge in [0.15, 0.2) is 6.10 Å². The zero-order valence-corrected chi connectivity index (χ0v) is 7.32. The van der Waals surface area contributed by atoms with E-state index in [9.17, 15) is 9.90 Å². The summed E-state index contributed by atoms with van der Waals surface area (Å²) in [5.41, 5.74) is 5.66. The van der Waals surface area contributed by atoms with E-state index in [-0.39, 0.29) is 16.3 Å². The molecule has 1 rings (SSSR count). The van der Waals surface area contributed by atoms with Crippen LogP contribution in [0.5, 0.6) is 0 Å². The summed E-state index contributed by atoms with van der Waals surface area (Å²) < 4.78 is 0. The Labute approximate surface area is 79.6 Å². The highest BCUT2D eigenvalue weighted by atomic mass is 35.5. The van der Waals surface area contributed by atoms with Gasteiger partial charge >= 0.3 is 5.97 Å². The summed E-state index contributed by atoms with van der Waals surface area (Å²) in [4.78, 5) is 10.4. The molecule has 1 unspecified atom stereocenters. The van der Waals surface area contributed by atoms with E-state index in [1.54, 1.807) is 6.07 Å². The van der Waals surface area contributed by atoms with Gasteiger partial charge in [-0.05, 0) is 12.1 Å². The molecule has 0 aromatic heterocycles. The van der Waals surface area contributed by atoms with Crippen molar-refractivity contribution in [3.8, 4) is 0 Å². The third-order valence-electron chi connectivity index (χ3n) is 1.59. The molecule has 1 aromatic rings. The molecule has 1 atom stereocenters. The van der Waals surface area contributed by atoms with Gasteiger partial charge in [0.2, 0.25) is 0 Å². The van der Waals surface area contributed by atoms with Crippen molar-refractivity contribution in [1.82, 2.24) is 0 Å². The number of aliphatic hydroxyl groups excluding tert-OH is 1. The highest BCUT2D eigenvalue weighted by Crippen LogP contribution is 2.28. The van der Waals surface area contributed by atoms with Crippen LogP contribution in [0.4, 0.5) is 5.69 Å². The number of carbonyl (C=O) groups is 1. The van der Waals surface area contributed by atoms with Gasteiger partial charge < -0.3 is 15.9 Å². The van der Waals surface area contributed by atoms with Crippen LogP contribution >= 0.6 is 11.6 Å². The molecule has 1 aromatic carbocycles. The average Bonchev–Trinajstić information content (AvgIpc) is 2.03. The Bertz CT molecular complexity index is 320. The topological polar surface area (TPSA) is 83.5 Å². The maximum Gasteiger partial charge on any atom is 0.337 e. The fourth-order valence-electron chi connectivity index (χ4n) is 0.966. The van der Waals surface area contributed by atoms with Crippen molar-refractivity contribution in [2.45, 2.75) is 6.10 Å². The molecule has 0 saturated heterocycles. The van der Waals surface area contributed by atoms with Crippen LogP contribution in [0.15, 0.2) is 18.2 Å². The Balaban J connectivity index is 3.20.